The Balaban J connectivity index is 1.87. The first kappa shape index (κ1) is 15.5. The second kappa shape index (κ2) is 7.81. The van der Waals surface area contributed by atoms with Crippen molar-refractivity contribution in [2.45, 2.75) is 51.5 Å². The Morgan fingerprint density at radius 3 is 2.43 bits per heavy atom. The molecule has 1 fully saturated rings. The van der Waals surface area contributed by atoms with E-state index >= 15 is 0 Å². The van der Waals surface area contributed by atoms with Crippen LogP contribution in [-0.4, -0.2) is 17.0 Å². The highest BCUT2D eigenvalue weighted by atomic mass is 16.4. The van der Waals surface area contributed by atoms with E-state index in [1.165, 1.54) is 19.3 Å². The van der Waals surface area contributed by atoms with Crippen molar-refractivity contribution in [3.05, 3.63) is 35.4 Å². The zero-order valence-corrected chi connectivity index (χ0v) is 12.3. The van der Waals surface area contributed by atoms with Crippen molar-refractivity contribution in [1.29, 1.82) is 0 Å². The maximum absolute atomic E-state index is 12.2. The van der Waals surface area contributed by atoms with Crippen LogP contribution >= 0.6 is 0 Å². The van der Waals surface area contributed by atoms with Gasteiger partial charge in [0.1, 0.15) is 0 Å². The van der Waals surface area contributed by atoms with Gasteiger partial charge in [-0.1, -0.05) is 44.2 Å². The van der Waals surface area contributed by atoms with Gasteiger partial charge in [0.25, 0.3) is 0 Å². The van der Waals surface area contributed by atoms with Crippen molar-refractivity contribution in [2.24, 2.45) is 5.92 Å². The Labute approximate surface area is 125 Å². The Morgan fingerprint density at radius 1 is 1.10 bits per heavy atom. The van der Waals surface area contributed by atoms with Crippen molar-refractivity contribution in [2.75, 3.05) is 0 Å². The molecule has 1 aromatic carbocycles. The number of benzene rings is 1. The van der Waals surface area contributed by atoms with Crippen LogP contribution in [0.3, 0.4) is 0 Å². The van der Waals surface area contributed by atoms with Gasteiger partial charge in [0.05, 0.1) is 5.56 Å². The Morgan fingerprint density at radius 2 is 1.76 bits per heavy atom. The molecule has 1 aromatic rings. The minimum atomic E-state index is -0.941. The highest BCUT2D eigenvalue weighted by Gasteiger charge is 2.18. The third-order valence-electron chi connectivity index (χ3n) is 4.12. The Hall–Kier alpha value is -1.84. The molecule has 0 radical (unpaired) electrons. The third-order valence-corrected chi connectivity index (χ3v) is 4.12. The lowest BCUT2D eigenvalue weighted by Crippen LogP contribution is -2.30. The van der Waals surface area contributed by atoms with Gasteiger partial charge in [-0.2, -0.15) is 0 Å². The molecule has 1 aliphatic carbocycles. The second-order valence-electron chi connectivity index (χ2n) is 5.77. The van der Waals surface area contributed by atoms with E-state index in [4.69, 9.17) is 5.11 Å². The van der Waals surface area contributed by atoms with E-state index in [9.17, 15) is 9.59 Å². The number of carboxylic acids is 1. The standard InChI is InChI=1S/C17H23NO3/c19-16(14-8-4-2-1-3-5-9-14)18-12-13-7-6-10-15(11-13)17(20)21/h6-7,10-11,14H,1-5,8-9,12H2,(H,18,19)(H,20,21). The van der Waals surface area contributed by atoms with Crippen LogP contribution in [0.4, 0.5) is 0 Å². The first-order valence-corrected chi connectivity index (χ1v) is 7.77. The molecule has 4 nitrogen and oxygen atoms in total. The summed E-state index contributed by atoms with van der Waals surface area (Å²) >= 11 is 0. The first-order valence-electron chi connectivity index (χ1n) is 7.77. The van der Waals surface area contributed by atoms with Crippen LogP contribution in [0.25, 0.3) is 0 Å². The van der Waals surface area contributed by atoms with Gasteiger partial charge < -0.3 is 10.4 Å². The van der Waals surface area contributed by atoms with Gasteiger partial charge in [0.2, 0.25) is 5.91 Å². The normalized spacial score (nSPS) is 16.8. The quantitative estimate of drug-likeness (QED) is 0.893. The number of hydrogen-bond acceptors (Lipinski definition) is 2. The average Bonchev–Trinajstić information content (AvgIpc) is 2.44. The summed E-state index contributed by atoms with van der Waals surface area (Å²) in [6.45, 7) is 0.399. The topological polar surface area (TPSA) is 66.4 Å². The molecule has 0 aliphatic heterocycles. The maximum Gasteiger partial charge on any atom is 0.335 e. The SMILES string of the molecule is O=C(O)c1cccc(CNC(=O)C2CCCCCCC2)c1. The molecule has 2 N–H and O–H groups in total. The molecule has 1 amide bonds. The number of carbonyl (C=O) groups is 2. The number of carboxylic acid groups (broad SMARTS) is 1. The van der Waals surface area contributed by atoms with Crippen LogP contribution in [0.5, 0.6) is 0 Å². The van der Waals surface area contributed by atoms with E-state index in [0.29, 0.717) is 6.54 Å². The van der Waals surface area contributed by atoms with Crippen molar-refractivity contribution >= 4 is 11.9 Å². The number of aromatic carboxylic acids is 1. The third kappa shape index (κ3) is 4.88. The van der Waals surface area contributed by atoms with Crippen molar-refractivity contribution in [1.82, 2.24) is 5.32 Å². The molecule has 4 heteroatoms. The van der Waals surface area contributed by atoms with Crippen molar-refractivity contribution < 1.29 is 14.7 Å². The van der Waals surface area contributed by atoms with E-state index in [-0.39, 0.29) is 17.4 Å². The predicted molar refractivity (Wildman–Crippen MR) is 81.1 cm³/mol. The number of nitrogens with one attached hydrogen (secondary N) is 1. The first-order chi connectivity index (χ1) is 10.2. The Bertz CT molecular complexity index is 491. The fourth-order valence-electron chi connectivity index (χ4n) is 2.87. The van der Waals surface area contributed by atoms with Crippen LogP contribution in [0.2, 0.25) is 0 Å². The molecule has 0 aromatic heterocycles. The van der Waals surface area contributed by atoms with Gasteiger partial charge in [0.15, 0.2) is 0 Å². The van der Waals surface area contributed by atoms with Crippen LogP contribution in [0.15, 0.2) is 24.3 Å². The van der Waals surface area contributed by atoms with E-state index in [1.807, 2.05) is 6.07 Å². The molecule has 1 aliphatic rings. The number of amides is 1. The van der Waals surface area contributed by atoms with E-state index in [1.54, 1.807) is 18.2 Å². The molecule has 0 saturated heterocycles. The summed E-state index contributed by atoms with van der Waals surface area (Å²) in [5, 5.41) is 11.9. The number of carbonyl (C=O) groups excluding carboxylic acids is 1. The fourth-order valence-corrected chi connectivity index (χ4v) is 2.87. The lowest BCUT2D eigenvalue weighted by Gasteiger charge is -2.19. The van der Waals surface area contributed by atoms with E-state index in [0.717, 1.165) is 31.2 Å². The molecule has 1 saturated carbocycles. The monoisotopic (exact) mass is 289 g/mol. The molecular weight excluding hydrogens is 266 g/mol. The summed E-state index contributed by atoms with van der Waals surface area (Å²) in [6.07, 6.45) is 7.95. The van der Waals surface area contributed by atoms with Gasteiger partial charge in [-0.3, -0.25) is 4.79 Å². The average molecular weight is 289 g/mol. The van der Waals surface area contributed by atoms with Crippen molar-refractivity contribution in [3.63, 3.8) is 0 Å². The van der Waals surface area contributed by atoms with E-state index < -0.39 is 5.97 Å². The molecule has 0 atom stereocenters. The lowest BCUT2D eigenvalue weighted by molar-refractivity contribution is -0.125. The molecular formula is C17H23NO3. The molecule has 21 heavy (non-hydrogen) atoms. The highest BCUT2D eigenvalue weighted by Crippen LogP contribution is 2.22. The molecule has 0 spiro atoms. The maximum atomic E-state index is 12.2. The van der Waals surface area contributed by atoms with Gasteiger partial charge in [0, 0.05) is 12.5 Å². The summed E-state index contributed by atoms with van der Waals surface area (Å²) in [6, 6.07) is 6.72. The largest absolute Gasteiger partial charge is 0.478 e. The number of rotatable bonds is 4. The summed E-state index contributed by atoms with van der Waals surface area (Å²) < 4.78 is 0. The molecule has 0 unspecified atom stereocenters. The van der Waals surface area contributed by atoms with Crippen LogP contribution < -0.4 is 5.32 Å². The Kier molecular flexibility index (Phi) is 5.78. The minimum Gasteiger partial charge on any atom is -0.478 e. The van der Waals surface area contributed by atoms with Gasteiger partial charge in [-0.15, -0.1) is 0 Å². The van der Waals surface area contributed by atoms with Crippen LogP contribution in [0.1, 0.15) is 60.9 Å². The zero-order chi connectivity index (χ0) is 15.1. The zero-order valence-electron chi connectivity index (χ0n) is 12.3. The molecule has 114 valence electrons. The number of hydrogen-bond donors (Lipinski definition) is 2. The van der Waals surface area contributed by atoms with Crippen LogP contribution in [-0.2, 0) is 11.3 Å². The fraction of sp³-hybridized carbons (Fsp3) is 0.529. The highest BCUT2D eigenvalue weighted by molar-refractivity contribution is 5.87. The molecule has 2 rings (SSSR count). The minimum absolute atomic E-state index is 0.109. The molecule has 0 bridgehead atoms. The van der Waals surface area contributed by atoms with Gasteiger partial charge in [-0.25, -0.2) is 4.79 Å². The summed E-state index contributed by atoms with van der Waals surface area (Å²) in [5.74, 6) is -0.714. The summed E-state index contributed by atoms with van der Waals surface area (Å²) in [4.78, 5) is 23.1. The lowest BCUT2D eigenvalue weighted by atomic mass is 9.90. The van der Waals surface area contributed by atoms with Gasteiger partial charge in [-0.05, 0) is 30.5 Å². The van der Waals surface area contributed by atoms with Crippen LogP contribution in [0, 0.1) is 5.92 Å². The van der Waals surface area contributed by atoms with Crippen molar-refractivity contribution in [3.8, 4) is 0 Å². The summed E-state index contributed by atoms with van der Waals surface area (Å²) in [7, 11) is 0. The van der Waals surface area contributed by atoms with Gasteiger partial charge >= 0.3 is 5.97 Å². The smallest absolute Gasteiger partial charge is 0.335 e. The molecule has 0 heterocycles. The second-order valence-corrected chi connectivity index (χ2v) is 5.77. The van der Waals surface area contributed by atoms with E-state index in [2.05, 4.69) is 5.32 Å². The predicted octanol–water partition coefficient (Wildman–Crippen LogP) is 3.36. The summed E-state index contributed by atoms with van der Waals surface area (Å²) in [5.41, 5.74) is 1.08.